The van der Waals surface area contributed by atoms with Gasteiger partial charge in [-0.05, 0) is 111 Å². The Bertz CT molecular complexity index is 731. The van der Waals surface area contributed by atoms with Crippen LogP contribution in [0, 0.1) is 0 Å². The van der Waals surface area contributed by atoms with Gasteiger partial charge in [0.15, 0.2) is 0 Å². The Balaban J connectivity index is 2.11. The summed E-state index contributed by atoms with van der Waals surface area (Å²) < 4.78 is 13.0. The highest BCUT2D eigenvalue weighted by atomic mass is 16.5. The Labute approximate surface area is 307 Å². The molecule has 0 saturated carbocycles. The summed E-state index contributed by atoms with van der Waals surface area (Å²) in [5.41, 5.74) is 0. The molecular formula is C45H84N2O2. The van der Waals surface area contributed by atoms with Crippen LogP contribution in [0.15, 0.2) is 48.6 Å². The van der Waals surface area contributed by atoms with Gasteiger partial charge in [-0.3, -0.25) is 4.90 Å². The number of hydrogen-bond acceptors (Lipinski definition) is 4. The average Bonchev–Trinajstić information content (AvgIpc) is 3.48. The van der Waals surface area contributed by atoms with Gasteiger partial charge < -0.3 is 14.4 Å². The molecule has 0 aliphatic carbocycles. The van der Waals surface area contributed by atoms with Crippen molar-refractivity contribution >= 4 is 0 Å². The summed E-state index contributed by atoms with van der Waals surface area (Å²) in [6, 6.07) is 0. The Morgan fingerprint density at radius 2 is 0.837 bits per heavy atom. The molecule has 0 aromatic carbocycles. The number of allylic oxidation sites excluding steroid dienone is 8. The highest BCUT2D eigenvalue weighted by Gasteiger charge is 2.33. The van der Waals surface area contributed by atoms with E-state index in [1.54, 1.807) is 0 Å². The third kappa shape index (κ3) is 31.3. The number of unbranched alkanes of at least 4 members (excludes halogenated alkanes) is 18. The predicted molar refractivity (Wildman–Crippen MR) is 218 cm³/mol. The Morgan fingerprint density at radius 3 is 1.22 bits per heavy atom. The van der Waals surface area contributed by atoms with E-state index in [9.17, 15) is 0 Å². The number of ether oxygens (including phenoxy) is 2. The molecule has 286 valence electrons. The third-order valence-corrected chi connectivity index (χ3v) is 9.72. The van der Waals surface area contributed by atoms with Crippen LogP contribution in [0.1, 0.15) is 174 Å². The van der Waals surface area contributed by atoms with Crippen molar-refractivity contribution in [2.45, 2.75) is 187 Å². The van der Waals surface area contributed by atoms with Crippen molar-refractivity contribution in [2.75, 3.05) is 53.5 Å². The molecule has 1 aliphatic rings. The van der Waals surface area contributed by atoms with Gasteiger partial charge in [0.05, 0.1) is 12.2 Å². The Kier molecular flexibility index (Phi) is 34.2. The Morgan fingerprint density at radius 1 is 0.469 bits per heavy atom. The van der Waals surface area contributed by atoms with E-state index < -0.39 is 0 Å². The van der Waals surface area contributed by atoms with Gasteiger partial charge in [0, 0.05) is 26.3 Å². The quantitative estimate of drug-likeness (QED) is 0.0484. The van der Waals surface area contributed by atoms with Gasteiger partial charge in [0.1, 0.15) is 0 Å². The first-order valence-electron chi connectivity index (χ1n) is 21.4. The van der Waals surface area contributed by atoms with E-state index in [1.807, 2.05) is 0 Å². The lowest BCUT2D eigenvalue weighted by atomic mass is 10.1. The molecule has 1 saturated heterocycles. The van der Waals surface area contributed by atoms with E-state index in [0.29, 0.717) is 0 Å². The van der Waals surface area contributed by atoms with E-state index in [0.717, 1.165) is 52.2 Å². The first-order valence-corrected chi connectivity index (χ1v) is 21.4. The smallest absolute Gasteiger partial charge is 0.0975 e. The number of hydrogen-bond donors (Lipinski definition) is 0. The first kappa shape index (κ1) is 45.8. The molecule has 0 bridgehead atoms. The van der Waals surface area contributed by atoms with Crippen molar-refractivity contribution in [3.8, 4) is 0 Å². The van der Waals surface area contributed by atoms with E-state index in [1.165, 1.54) is 148 Å². The molecule has 1 unspecified atom stereocenters. The van der Waals surface area contributed by atoms with Crippen molar-refractivity contribution < 1.29 is 9.47 Å². The molecule has 0 N–H and O–H groups in total. The van der Waals surface area contributed by atoms with Gasteiger partial charge in [0.2, 0.25) is 0 Å². The lowest BCUT2D eigenvalue weighted by molar-refractivity contribution is -0.0481. The first-order chi connectivity index (χ1) is 24.2. The van der Waals surface area contributed by atoms with Crippen molar-refractivity contribution in [1.82, 2.24) is 9.80 Å². The minimum absolute atomic E-state index is 0.238. The highest BCUT2D eigenvalue weighted by molar-refractivity contribution is 4.93. The molecule has 4 heteroatoms. The summed E-state index contributed by atoms with van der Waals surface area (Å²) in [6.45, 7) is 10.7. The monoisotopic (exact) mass is 685 g/mol. The molecule has 1 fully saturated rings. The molecule has 0 aromatic heterocycles. The second-order valence-electron chi connectivity index (χ2n) is 14.9. The molecule has 0 amide bonds. The summed E-state index contributed by atoms with van der Waals surface area (Å²) in [5, 5.41) is 0. The zero-order chi connectivity index (χ0) is 35.3. The fourth-order valence-electron chi connectivity index (χ4n) is 6.58. The zero-order valence-corrected chi connectivity index (χ0v) is 33.4. The lowest BCUT2D eigenvalue weighted by Gasteiger charge is -2.20. The van der Waals surface area contributed by atoms with Crippen LogP contribution < -0.4 is 0 Å². The second-order valence-corrected chi connectivity index (χ2v) is 14.9. The number of rotatable bonds is 36. The van der Waals surface area contributed by atoms with Gasteiger partial charge in [-0.1, -0.05) is 140 Å². The molecule has 0 aromatic rings. The maximum atomic E-state index is 6.48. The van der Waals surface area contributed by atoms with Crippen LogP contribution in [-0.2, 0) is 9.47 Å². The highest BCUT2D eigenvalue weighted by Crippen LogP contribution is 2.19. The average molecular weight is 685 g/mol. The standard InChI is InChI=1S/C45H84N2O2/c1-5-7-9-11-13-15-17-19-21-23-25-27-29-31-33-35-40-48-44-42-47(39-37-38-46(3)4)43-45(44)49-41-36-34-32-30-28-26-24-22-20-18-16-14-12-10-8-6-2/h13-16,19-22,44-45H,5-12,17-18,23-43H2,1-4H3/b15-13-,16-14-,21-19-,22-20-/t44-,45?/m1/s1. The predicted octanol–water partition coefficient (Wildman–Crippen LogP) is 12.7. The lowest BCUT2D eigenvalue weighted by Crippen LogP contribution is -2.30. The van der Waals surface area contributed by atoms with Crippen LogP contribution in [0.3, 0.4) is 0 Å². The zero-order valence-electron chi connectivity index (χ0n) is 33.4. The maximum absolute atomic E-state index is 6.48. The fourth-order valence-corrected chi connectivity index (χ4v) is 6.58. The van der Waals surface area contributed by atoms with Gasteiger partial charge in [-0.25, -0.2) is 0 Å². The SMILES string of the molecule is CCCCC/C=C\C/C=C\CCCCCCCCOC1CN(CCCN(C)C)C[C@H]1OCCCCCCCC/C=C\C/C=C\CCCCC. The van der Waals surface area contributed by atoms with Gasteiger partial charge in [-0.15, -0.1) is 0 Å². The van der Waals surface area contributed by atoms with Crippen molar-refractivity contribution in [3.63, 3.8) is 0 Å². The largest absolute Gasteiger partial charge is 0.374 e. The van der Waals surface area contributed by atoms with Crippen LogP contribution in [0.2, 0.25) is 0 Å². The molecular weight excluding hydrogens is 601 g/mol. The van der Waals surface area contributed by atoms with E-state index in [4.69, 9.17) is 9.47 Å². The molecule has 0 radical (unpaired) electrons. The van der Waals surface area contributed by atoms with Gasteiger partial charge in [-0.2, -0.15) is 0 Å². The summed E-state index contributed by atoms with van der Waals surface area (Å²) in [6.07, 6.45) is 51.4. The molecule has 4 nitrogen and oxygen atoms in total. The normalized spacial score (nSPS) is 17.5. The topological polar surface area (TPSA) is 24.9 Å². The molecule has 1 rings (SSSR count). The van der Waals surface area contributed by atoms with Gasteiger partial charge in [0.25, 0.3) is 0 Å². The van der Waals surface area contributed by atoms with Crippen molar-refractivity contribution in [1.29, 1.82) is 0 Å². The van der Waals surface area contributed by atoms with E-state index in [-0.39, 0.29) is 12.2 Å². The van der Waals surface area contributed by atoms with Crippen LogP contribution in [-0.4, -0.2) is 75.5 Å². The maximum Gasteiger partial charge on any atom is 0.0975 e. The van der Waals surface area contributed by atoms with Crippen LogP contribution in [0.4, 0.5) is 0 Å². The van der Waals surface area contributed by atoms with Crippen LogP contribution >= 0.6 is 0 Å². The summed E-state index contributed by atoms with van der Waals surface area (Å²) in [7, 11) is 4.34. The molecule has 0 spiro atoms. The summed E-state index contributed by atoms with van der Waals surface area (Å²) in [5.74, 6) is 0. The van der Waals surface area contributed by atoms with Crippen molar-refractivity contribution in [3.05, 3.63) is 48.6 Å². The van der Waals surface area contributed by atoms with Crippen LogP contribution in [0.5, 0.6) is 0 Å². The minimum Gasteiger partial charge on any atom is -0.374 e. The molecule has 1 heterocycles. The minimum atomic E-state index is 0.238. The van der Waals surface area contributed by atoms with E-state index >= 15 is 0 Å². The molecule has 2 atom stereocenters. The molecule has 1 aliphatic heterocycles. The van der Waals surface area contributed by atoms with Gasteiger partial charge >= 0.3 is 0 Å². The third-order valence-electron chi connectivity index (χ3n) is 9.72. The number of nitrogens with zero attached hydrogens (tertiary/aromatic N) is 2. The summed E-state index contributed by atoms with van der Waals surface area (Å²) >= 11 is 0. The second kappa shape index (κ2) is 36.6. The van der Waals surface area contributed by atoms with E-state index in [2.05, 4.69) is 86.4 Å². The van der Waals surface area contributed by atoms with Crippen LogP contribution in [0.25, 0.3) is 0 Å². The summed E-state index contributed by atoms with van der Waals surface area (Å²) in [4.78, 5) is 4.87. The fraction of sp³-hybridized carbons (Fsp3) is 0.822. The van der Waals surface area contributed by atoms with Crippen molar-refractivity contribution in [2.24, 2.45) is 0 Å². The molecule has 49 heavy (non-hydrogen) atoms. The number of likely N-dealkylation sites (tertiary alicyclic amines) is 1. The Hall–Kier alpha value is -1.20.